The lowest BCUT2D eigenvalue weighted by molar-refractivity contribution is 0.103. The first-order chi connectivity index (χ1) is 8.09. The molecule has 0 bridgehead atoms. The third kappa shape index (κ3) is 2.37. The van der Waals surface area contributed by atoms with Crippen molar-refractivity contribution >= 4 is 17.4 Å². The predicted octanol–water partition coefficient (Wildman–Crippen LogP) is 4.02. The molecule has 2 rings (SSSR count). The van der Waals surface area contributed by atoms with Crippen LogP contribution in [-0.2, 0) is 0 Å². The highest BCUT2D eigenvalue weighted by molar-refractivity contribution is 6.31. The van der Waals surface area contributed by atoms with E-state index in [1.165, 1.54) is 6.07 Å². The van der Waals surface area contributed by atoms with Gasteiger partial charge in [-0.3, -0.25) is 4.79 Å². The second kappa shape index (κ2) is 4.68. The first-order valence-electron chi connectivity index (χ1n) is 5.15. The van der Waals surface area contributed by atoms with Gasteiger partial charge in [0.1, 0.15) is 5.82 Å². The van der Waals surface area contributed by atoms with Crippen LogP contribution in [-0.4, -0.2) is 5.78 Å². The zero-order chi connectivity index (χ0) is 12.4. The summed E-state index contributed by atoms with van der Waals surface area (Å²) in [6.07, 6.45) is 0. The summed E-state index contributed by atoms with van der Waals surface area (Å²) in [5.74, 6) is -0.768. The fourth-order valence-electron chi connectivity index (χ4n) is 1.61. The third-order valence-corrected chi connectivity index (χ3v) is 2.99. The fourth-order valence-corrected chi connectivity index (χ4v) is 1.72. The van der Waals surface area contributed by atoms with Gasteiger partial charge >= 0.3 is 0 Å². The minimum Gasteiger partial charge on any atom is -0.289 e. The summed E-state index contributed by atoms with van der Waals surface area (Å²) < 4.78 is 13.4. The summed E-state index contributed by atoms with van der Waals surface area (Å²) >= 11 is 5.71. The van der Waals surface area contributed by atoms with Gasteiger partial charge in [-0.25, -0.2) is 4.39 Å². The first kappa shape index (κ1) is 11.8. The van der Waals surface area contributed by atoms with Crippen molar-refractivity contribution in [3.8, 4) is 0 Å². The fraction of sp³-hybridized carbons (Fsp3) is 0.0714. The van der Waals surface area contributed by atoms with Crippen molar-refractivity contribution in [3.05, 3.63) is 70.0 Å². The number of hydrogen-bond donors (Lipinski definition) is 0. The molecule has 0 saturated carbocycles. The van der Waals surface area contributed by atoms with Crippen molar-refractivity contribution in [3.63, 3.8) is 0 Å². The summed E-state index contributed by atoms with van der Waals surface area (Å²) in [5.41, 5.74) is 1.41. The van der Waals surface area contributed by atoms with Crippen LogP contribution in [0.3, 0.4) is 0 Å². The molecule has 0 aliphatic carbocycles. The van der Waals surface area contributed by atoms with E-state index in [1.54, 1.807) is 37.3 Å². The molecule has 0 radical (unpaired) electrons. The van der Waals surface area contributed by atoms with Crippen LogP contribution < -0.4 is 0 Å². The van der Waals surface area contributed by atoms with Gasteiger partial charge in [-0.1, -0.05) is 41.9 Å². The second-order valence-electron chi connectivity index (χ2n) is 3.78. The maximum Gasteiger partial charge on any atom is 0.193 e. The Kier molecular flexibility index (Phi) is 3.25. The van der Waals surface area contributed by atoms with Crippen molar-refractivity contribution in [1.29, 1.82) is 0 Å². The average molecular weight is 249 g/mol. The van der Waals surface area contributed by atoms with Crippen LogP contribution in [0, 0.1) is 12.7 Å². The molecule has 0 amide bonds. The van der Waals surface area contributed by atoms with Gasteiger partial charge in [-0.05, 0) is 24.6 Å². The van der Waals surface area contributed by atoms with Crippen molar-refractivity contribution in [2.75, 3.05) is 0 Å². The largest absolute Gasteiger partial charge is 0.289 e. The third-order valence-electron chi connectivity index (χ3n) is 2.51. The van der Waals surface area contributed by atoms with E-state index in [4.69, 9.17) is 11.6 Å². The van der Waals surface area contributed by atoms with Gasteiger partial charge in [0.25, 0.3) is 0 Å². The summed E-state index contributed by atoms with van der Waals surface area (Å²) in [5, 5.41) is 0.0645. The van der Waals surface area contributed by atoms with E-state index in [0.29, 0.717) is 16.7 Å². The number of ketones is 1. The lowest BCUT2D eigenvalue weighted by Crippen LogP contribution is -2.02. The number of benzene rings is 2. The highest BCUT2D eigenvalue weighted by atomic mass is 35.5. The van der Waals surface area contributed by atoms with Gasteiger partial charge < -0.3 is 0 Å². The molecule has 0 N–H and O–H groups in total. The summed E-state index contributed by atoms with van der Waals surface area (Å²) in [6.45, 7) is 1.67. The van der Waals surface area contributed by atoms with Crippen LogP contribution in [0.4, 0.5) is 4.39 Å². The Labute approximate surface area is 104 Å². The molecule has 3 heteroatoms. The van der Waals surface area contributed by atoms with Gasteiger partial charge in [0, 0.05) is 11.1 Å². The molecular weight excluding hydrogens is 239 g/mol. The molecule has 17 heavy (non-hydrogen) atoms. The van der Waals surface area contributed by atoms with Crippen LogP contribution in [0.15, 0.2) is 42.5 Å². The lowest BCUT2D eigenvalue weighted by Gasteiger charge is -2.05. The molecule has 0 spiro atoms. The van der Waals surface area contributed by atoms with E-state index in [-0.39, 0.29) is 10.8 Å². The molecule has 2 aromatic rings. The standard InChI is InChI=1S/C14H10ClFO/c1-9-7-11(8-12(16)13(9)15)14(17)10-5-3-2-4-6-10/h2-8H,1H3. The van der Waals surface area contributed by atoms with Gasteiger partial charge in [-0.15, -0.1) is 0 Å². The second-order valence-corrected chi connectivity index (χ2v) is 4.16. The zero-order valence-corrected chi connectivity index (χ0v) is 9.96. The molecule has 0 atom stereocenters. The van der Waals surface area contributed by atoms with Crippen LogP contribution in [0.5, 0.6) is 0 Å². The number of halogens is 2. The quantitative estimate of drug-likeness (QED) is 0.734. The van der Waals surface area contributed by atoms with E-state index >= 15 is 0 Å². The van der Waals surface area contributed by atoms with Gasteiger partial charge in [0.05, 0.1) is 5.02 Å². The Morgan fingerprint density at radius 3 is 2.35 bits per heavy atom. The first-order valence-corrected chi connectivity index (χ1v) is 5.53. The normalized spacial score (nSPS) is 10.3. The lowest BCUT2D eigenvalue weighted by atomic mass is 10.0. The van der Waals surface area contributed by atoms with Crippen LogP contribution in [0.2, 0.25) is 5.02 Å². The Morgan fingerprint density at radius 1 is 1.12 bits per heavy atom. The zero-order valence-electron chi connectivity index (χ0n) is 9.21. The Hall–Kier alpha value is -1.67. The highest BCUT2D eigenvalue weighted by Crippen LogP contribution is 2.22. The topological polar surface area (TPSA) is 17.1 Å². The van der Waals surface area contributed by atoms with Crippen LogP contribution in [0.25, 0.3) is 0 Å². The van der Waals surface area contributed by atoms with Crippen LogP contribution >= 0.6 is 11.6 Å². The van der Waals surface area contributed by atoms with E-state index in [0.717, 1.165) is 0 Å². The minimum absolute atomic E-state index is 0.0645. The Bertz CT molecular complexity index is 541. The van der Waals surface area contributed by atoms with Crippen molar-refractivity contribution < 1.29 is 9.18 Å². The molecule has 86 valence electrons. The maximum atomic E-state index is 13.4. The SMILES string of the molecule is Cc1cc(C(=O)c2ccccc2)cc(F)c1Cl. The molecule has 0 unspecified atom stereocenters. The number of carbonyl (C=O) groups is 1. The Balaban J connectivity index is 2.45. The number of rotatable bonds is 2. The number of aryl methyl sites for hydroxylation is 1. The van der Waals surface area contributed by atoms with E-state index in [9.17, 15) is 9.18 Å². The highest BCUT2D eigenvalue weighted by Gasteiger charge is 2.13. The monoisotopic (exact) mass is 248 g/mol. The number of carbonyl (C=O) groups excluding carboxylic acids is 1. The van der Waals surface area contributed by atoms with Crippen molar-refractivity contribution in [2.45, 2.75) is 6.92 Å². The molecule has 0 saturated heterocycles. The van der Waals surface area contributed by atoms with Gasteiger partial charge in [0.2, 0.25) is 0 Å². The molecule has 0 aliphatic rings. The van der Waals surface area contributed by atoms with E-state index in [1.807, 2.05) is 6.07 Å². The average Bonchev–Trinajstić information content (AvgIpc) is 2.35. The molecule has 0 aliphatic heterocycles. The Morgan fingerprint density at radius 2 is 1.76 bits per heavy atom. The molecular formula is C14H10ClFO. The van der Waals surface area contributed by atoms with Gasteiger partial charge in [0.15, 0.2) is 5.78 Å². The van der Waals surface area contributed by atoms with Gasteiger partial charge in [-0.2, -0.15) is 0 Å². The summed E-state index contributed by atoms with van der Waals surface area (Å²) in [7, 11) is 0. The van der Waals surface area contributed by atoms with E-state index < -0.39 is 5.82 Å². The molecule has 0 heterocycles. The molecule has 1 nitrogen and oxygen atoms in total. The summed E-state index contributed by atoms with van der Waals surface area (Å²) in [6, 6.07) is 11.5. The van der Waals surface area contributed by atoms with Crippen molar-refractivity contribution in [2.24, 2.45) is 0 Å². The van der Waals surface area contributed by atoms with Crippen molar-refractivity contribution in [1.82, 2.24) is 0 Å². The molecule has 0 fully saturated rings. The smallest absolute Gasteiger partial charge is 0.193 e. The predicted molar refractivity (Wildman–Crippen MR) is 66.0 cm³/mol. The minimum atomic E-state index is -0.564. The molecule has 0 aromatic heterocycles. The number of hydrogen-bond acceptors (Lipinski definition) is 1. The maximum absolute atomic E-state index is 13.4. The molecule has 2 aromatic carbocycles. The van der Waals surface area contributed by atoms with E-state index in [2.05, 4.69) is 0 Å². The summed E-state index contributed by atoms with van der Waals surface area (Å²) in [4.78, 5) is 12.1. The van der Waals surface area contributed by atoms with Crippen LogP contribution in [0.1, 0.15) is 21.5 Å².